The standard InChI is InChI=1S/C21H27N5O5/c1-3-4-14(12-5-7-13(29-2)8-6-12)30-9-15-17(27)18(28)21(31-15)26-11-25-16-19(22)23-10-24-20(16)26/h5-8,10-11,14-15,17-18,21,27-28H,3-4,9H2,1-2H3,(H2,22,23,24)/t14?,15-,17-,18-,21-/m1/s1. The largest absolute Gasteiger partial charge is 0.497 e. The number of nitrogens with zero attached hydrogens (tertiary/aromatic N) is 4. The third-order valence-corrected chi connectivity index (χ3v) is 5.50. The third kappa shape index (κ3) is 4.19. The minimum Gasteiger partial charge on any atom is -0.497 e. The first kappa shape index (κ1) is 21.4. The lowest BCUT2D eigenvalue weighted by molar-refractivity contribution is -0.0831. The Balaban J connectivity index is 1.47. The summed E-state index contributed by atoms with van der Waals surface area (Å²) >= 11 is 0. The fraction of sp³-hybridized carbons (Fsp3) is 0.476. The van der Waals surface area contributed by atoms with E-state index in [1.165, 1.54) is 12.7 Å². The summed E-state index contributed by atoms with van der Waals surface area (Å²) in [5.41, 5.74) is 7.68. The summed E-state index contributed by atoms with van der Waals surface area (Å²) in [6, 6.07) is 7.70. The zero-order valence-electron chi connectivity index (χ0n) is 17.5. The van der Waals surface area contributed by atoms with Crippen LogP contribution in [0.1, 0.15) is 37.7 Å². The van der Waals surface area contributed by atoms with E-state index in [1.54, 1.807) is 11.7 Å². The van der Waals surface area contributed by atoms with Crippen LogP contribution in [0.4, 0.5) is 5.82 Å². The molecule has 4 N–H and O–H groups in total. The molecule has 10 heteroatoms. The molecule has 166 valence electrons. The summed E-state index contributed by atoms with van der Waals surface area (Å²) < 4.78 is 18.8. The van der Waals surface area contributed by atoms with Crippen molar-refractivity contribution >= 4 is 17.0 Å². The number of rotatable bonds is 8. The summed E-state index contributed by atoms with van der Waals surface area (Å²) in [6.45, 7) is 2.20. The number of hydrogen-bond donors (Lipinski definition) is 3. The number of fused-ring (bicyclic) bond motifs is 1. The second-order valence-corrected chi connectivity index (χ2v) is 7.51. The molecule has 1 aromatic carbocycles. The first-order valence-corrected chi connectivity index (χ1v) is 10.2. The minimum absolute atomic E-state index is 0.120. The number of aliphatic hydroxyl groups excluding tert-OH is 2. The molecule has 1 fully saturated rings. The molecule has 0 aliphatic carbocycles. The van der Waals surface area contributed by atoms with Crippen molar-refractivity contribution in [2.24, 2.45) is 0 Å². The van der Waals surface area contributed by atoms with Crippen LogP contribution < -0.4 is 10.5 Å². The summed E-state index contributed by atoms with van der Waals surface area (Å²) in [4.78, 5) is 12.3. The summed E-state index contributed by atoms with van der Waals surface area (Å²) in [5, 5.41) is 21.2. The van der Waals surface area contributed by atoms with Gasteiger partial charge in [0.25, 0.3) is 0 Å². The number of imidazole rings is 1. The van der Waals surface area contributed by atoms with Gasteiger partial charge >= 0.3 is 0 Å². The molecule has 3 heterocycles. The molecule has 31 heavy (non-hydrogen) atoms. The molecule has 1 aliphatic rings. The zero-order chi connectivity index (χ0) is 22.0. The van der Waals surface area contributed by atoms with Gasteiger partial charge in [0.05, 0.1) is 26.1 Å². The van der Waals surface area contributed by atoms with Crippen molar-refractivity contribution in [2.45, 2.75) is 50.4 Å². The van der Waals surface area contributed by atoms with E-state index >= 15 is 0 Å². The van der Waals surface area contributed by atoms with Crippen molar-refractivity contribution < 1.29 is 24.4 Å². The second kappa shape index (κ2) is 9.15. The number of anilines is 1. The molecular weight excluding hydrogens is 402 g/mol. The Bertz CT molecular complexity index is 1010. The maximum Gasteiger partial charge on any atom is 0.167 e. The maximum absolute atomic E-state index is 10.6. The lowest BCUT2D eigenvalue weighted by Gasteiger charge is -2.22. The molecule has 0 radical (unpaired) electrons. The van der Waals surface area contributed by atoms with Crippen molar-refractivity contribution in [3.63, 3.8) is 0 Å². The van der Waals surface area contributed by atoms with Gasteiger partial charge in [-0.1, -0.05) is 25.5 Å². The molecular formula is C21H27N5O5. The Labute approximate surface area is 179 Å². The summed E-state index contributed by atoms with van der Waals surface area (Å²) in [7, 11) is 1.62. The van der Waals surface area contributed by atoms with Gasteiger partial charge < -0.3 is 30.2 Å². The fourth-order valence-corrected chi connectivity index (χ4v) is 3.79. The zero-order valence-corrected chi connectivity index (χ0v) is 17.5. The number of aromatic nitrogens is 4. The van der Waals surface area contributed by atoms with E-state index in [1.807, 2.05) is 24.3 Å². The quantitative estimate of drug-likeness (QED) is 0.487. The smallest absolute Gasteiger partial charge is 0.167 e. The van der Waals surface area contributed by atoms with E-state index in [0.717, 1.165) is 24.2 Å². The van der Waals surface area contributed by atoms with E-state index in [-0.39, 0.29) is 18.5 Å². The van der Waals surface area contributed by atoms with E-state index < -0.39 is 24.5 Å². The van der Waals surface area contributed by atoms with E-state index in [9.17, 15) is 10.2 Å². The lowest BCUT2D eigenvalue weighted by atomic mass is 10.0. The monoisotopic (exact) mass is 429 g/mol. The van der Waals surface area contributed by atoms with Crippen molar-refractivity contribution in [1.82, 2.24) is 19.5 Å². The number of nitrogens with two attached hydrogens (primary N) is 1. The highest BCUT2D eigenvalue weighted by molar-refractivity contribution is 5.81. The van der Waals surface area contributed by atoms with Crippen LogP contribution in [0.15, 0.2) is 36.9 Å². The number of benzene rings is 1. The van der Waals surface area contributed by atoms with Crippen molar-refractivity contribution in [3.05, 3.63) is 42.5 Å². The predicted octanol–water partition coefficient (Wildman–Crippen LogP) is 1.59. The maximum atomic E-state index is 10.6. The van der Waals surface area contributed by atoms with E-state index in [2.05, 4.69) is 21.9 Å². The van der Waals surface area contributed by atoms with Gasteiger partial charge in [0.2, 0.25) is 0 Å². The van der Waals surface area contributed by atoms with Gasteiger partial charge in [0.15, 0.2) is 17.7 Å². The van der Waals surface area contributed by atoms with Gasteiger partial charge in [-0.15, -0.1) is 0 Å². The molecule has 10 nitrogen and oxygen atoms in total. The molecule has 2 aromatic heterocycles. The minimum atomic E-state index is -1.17. The Kier molecular flexibility index (Phi) is 6.33. The summed E-state index contributed by atoms with van der Waals surface area (Å²) in [6.07, 6.45) is 0.483. The van der Waals surface area contributed by atoms with Gasteiger partial charge in [-0.3, -0.25) is 4.57 Å². The topological polar surface area (TPSA) is 138 Å². The molecule has 1 saturated heterocycles. The third-order valence-electron chi connectivity index (χ3n) is 5.50. The predicted molar refractivity (Wildman–Crippen MR) is 112 cm³/mol. The Morgan fingerprint density at radius 2 is 1.94 bits per heavy atom. The highest BCUT2D eigenvalue weighted by atomic mass is 16.6. The Hall–Kier alpha value is -2.79. The van der Waals surface area contributed by atoms with Crippen molar-refractivity contribution in [1.29, 1.82) is 0 Å². The molecule has 4 rings (SSSR count). The Morgan fingerprint density at radius 1 is 1.16 bits per heavy atom. The molecule has 1 unspecified atom stereocenters. The van der Waals surface area contributed by atoms with Crippen LogP contribution in [-0.4, -0.2) is 61.8 Å². The van der Waals surface area contributed by atoms with Crippen LogP contribution in [0.3, 0.4) is 0 Å². The number of nitrogen functional groups attached to an aromatic ring is 1. The summed E-state index contributed by atoms with van der Waals surface area (Å²) in [5.74, 6) is 1.01. The van der Waals surface area contributed by atoms with E-state index in [4.69, 9.17) is 19.9 Å². The molecule has 0 bridgehead atoms. The first-order valence-electron chi connectivity index (χ1n) is 10.2. The van der Waals surface area contributed by atoms with Gasteiger partial charge in [0, 0.05) is 0 Å². The van der Waals surface area contributed by atoms with Gasteiger partial charge in [-0.25, -0.2) is 15.0 Å². The molecule has 0 saturated carbocycles. The highest BCUT2D eigenvalue weighted by Gasteiger charge is 2.44. The average molecular weight is 429 g/mol. The van der Waals surface area contributed by atoms with Crippen LogP contribution in [0, 0.1) is 0 Å². The van der Waals surface area contributed by atoms with Crippen LogP contribution >= 0.6 is 0 Å². The second-order valence-electron chi connectivity index (χ2n) is 7.51. The van der Waals surface area contributed by atoms with Crippen LogP contribution in [0.2, 0.25) is 0 Å². The fourth-order valence-electron chi connectivity index (χ4n) is 3.79. The van der Waals surface area contributed by atoms with Gasteiger partial charge in [0.1, 0.15) is 35.9 Å². The number of aliphatic hydroxyl groups is 2. The van der Waals surface area contributed by atoms with E-state index in [0.29, 0.717) is 11.2 Å². The lowest BCUT2D eigenvalue weighted by Crippen LogP contribution is -2.34. The van der Waals surface area contributed by atoms with Crippen molar-refractivity contribution in [2.75, 3.05) is 19.5 Å². The Morgan fingerprint density at radius 3 is 2.65 bits per heavy atom. The number of methoxy groups -OCH3 is 1. The molecule has 3 aromatic rings. The number of ether oxygens (including phenoxy) is 3. The van der Waals surface area contributed by atoms with Gasteiger partial charge in [-0.2, -0.15) is 0 Å². The molecule has 5 atom stereocenters. The van der Waals surface area contributed by atoms with Crippen molar-refractivity contribution in [3.8, 4) is 5.75 Å². The average Bonchev–Trinajstić information content (AvgIpc) is 3.34. The number of hydrogen-bond acceptors (Lipinski definition) is 9. The molecule has 0 spiro atoms. The van der Waals surface area contributed by atoms with Crippen LogP contribution in [0.25, 0.3) is 11.2 Å². The van der Waals surface area contributed by atoms with Gasteiger partial charge in [-0.05, 0) is 24.1 Å². The van der Waals surface area contributed by atoms with Crippen LogP contribution in [-0.2, 0) is 9.47 Å². The molecule has 1 aliphatic heterocycles. The normalized spacial score (nSPS) is 24.5. The highest BCUT2D eigenvalue weighted by Crippen LogP contribution is 2.33. The SMILES string of the molecule is CCCC(OC[C@H]1O[C@@H](n2cnc3c(N)ncnc32)[C@H](O)[C@@H]1O)c1ccc(OC)cc1. The first-order chi connectivity index (χ1) is 15.0. The van der Waals surface area contributed by atoms with Crippen LogP contribution in [0.5, 0.6) is 5.75 Å². The molecule has 0 amide bonds.